The molecule has 0 aromatic heterocycles. The zero-order valence-corrected chi connectivity index (χ0v) is 38.0. The third-order valence-electron chi connectivity index (χ3n) is 10.5. The van der Waals surface area contributed by atoms with Gasteiger partial charge in [0.1, 0.15) is 49.3 Å². The average Bonchev–Trinajstić information content (AvgIpc) is 4.01. The molecule has 0 spiro atoms. The lowest BCUT2D eigenvalue weighted by Crippen LogP contribution is -2.64. The highest BCUT2D eigenvalue weighted by molar-refractivity contribution is 7.47. The molecule has 1 saturated heterocycles. The molecule has 14 nitrogen and oxygen atoms in total. The highest BCUT2D eigenvalue weighted by atomic mass is 31.2. The first kappa shape index (κ1) is 55.4. The van der Waals surface area contributed by atoms with Crippen molar-refractivity contribution in [2.24, 2.45) is 0 Å². The number of rotatable bonds is 35. The Morgan fingerprint density at radius 1 is 0.629 bits per heavy atom. The van der Waals surface area contributed by atoms with E-state index in [9.17, 15) is 44.6 Å². The van der Waals surface area contributed by atoms with E-state index >= 15 is 0 Å². The molecule has 0 aromatic carbocycles. The predicted molar refractivity (Wildman–Crippen MR) is 239 cm³/mol. The van der Waals surface area contributed by atoms with E-state index in [1.165, 1.54) is 38.5 Å². The number of phosphoric ester groups is 1. The van der Waals surface area contributed by atoms with Crippen molar-refractivity contribution < 1.29 is 67.8 Å². The molecule has 2 fully saturated rings. The minimum absolute atomic E-state index is 0.0183. The van der Waals surface area contributed by atoms with Crippen molar-refractivity contribution in [3.05, 3.63) is 72.9 Å². The summed E-state index contributed by atoms with van der Waals surface area (Å²) in [7, 11) is -5.15. The normalized spacial score (nSPS) is 25.8. The van der Waals surface area contributed by atoms with Gasteiger partial charge in [0.25, 0.3) is 0 Å². The van der Waals surface area contributed by atoms with Crippen LogP contribution in [0.4, 0.5) is 0 Å². The Morgan fingerprint density at radius 3 is 1.85 bits per heavy atom. The van der Waals surface area contributed by atoms with E-state index in [4.69, 9.17) is 23.3 Å². The Morgan fingerprint density at radius 2 is 1.19 bits per heavy atom. The van der Waals surface area contributed by atoms with Crippen LogP contribution in [0.5, 0.6) is 0 Å². The quantitative estimate of drug-likeness (QED) is 0.00896. The smallest absolute Gasteiger partial charge is 0.462 e. The molecular formula is C47H77O14P. The molecule has 0 bridgehead atoms. The number of carbonyl (C=O) groups is 2. The van der Waals surface area contributed by atoms with Crippen LogP contribution in [0.1, 0.15) is 142 Å². The number of esters is 2. The topological polar surface area (TPSA) is 222 Å². The molecule has 15 heteroatoms. The second-order valence-electron chi connectivity index (χ2n) is 16.0. The van der Waals surface area contributed by atoms with Crippen molar-refractivity contribution in [3.63, 3.8) is 0 Å². The predicted octanol–water partition coefficient (Wildman–Crippen LogP) is 7.71. The van der Waals surface area contributed by atoms with Gasteiger partial charge in [-0.15, -0.1) is 0 Å². The van der Waals surface area contributed by atoms with Crippen molar-refractivity contribution in [2.75, 3.05) is 13.2 Å². The highest BCUT2D eigenvalue weighted by Gasteiger charge is 2.51. The SMILES string of the molecule is CC/C=C\C/C=C\C\C=C/C=C/C=C/C1OC1CCCC(=O)OC(COC(=O)CCCCCCC/C=C\CCCCCCCC)COP(=O)(O)OC1C(O)C(O)C(O)C(O)C1O. The van der Waals surface area contributed by atoms with Crippen molar-refractivity contribution in [1.29, 1.82) is 0 Å². The summed E-state index contributed by atoms with van der Waals surface area (Å²) in [4.78, 5) is 35.8. The fraction of sp³-hybridized carbons (Fsp3) is 0.702. The van der Waals surface area contributed by atoms with Gasteiger partial charge in [-0.05, 0) is 64.2 Å². The lowest BCUT2D eigenvalue weighted by Gasteiger charge is -2.41. The van der Waals surface area contributed by atoms with Crippen LogP contribution in [0.3, 0.4) is 0 Å². The van der Waals surface area contributed by atoms with Crippen LogP contribution in [0, 0.1) is 0 Å². The van der Waals surface area contributed by atoms with Gasteiger partial charge in [-0.1, -0.05) is 138 Å². The van der Waals surface area contributed by atoms with Gasteiger partial charge in [-0.25, -0.2) is 4.57 Å². The van der Waals surface area contributed by atoms with E-state index in [0.29, 0.717) is 19.3 Å². The molecule has 0 radical (unpaired) electrons. The third-order valence-corrected chi connectivity index (χ3v) is 11.5. The van der Waals surface area contributed by atoms with Crippen LogP contribution in [-0.4, -0.2) is 111 Å². The number of allylic oxidation sites excluding steroid dienone is 11. The van der Waals surface area contributed by atoms with Crippen LogP contribution < -0.4 is 0 Å². The Balaban J connectivity index is 1.77. The van der Waals surface area contributed by atoms with Gasteiger partial charge < -0.3 is 44.6 Å². The number of aliphatic hydroxyl groups excluding tert-OH is 5. The molecule has 8 unspecified atom stereocenters. The Hall–Kier alpha value is -2.75. The van der Waals surface area contributed by atoms with Crippen molar-refractivity contribution in [3.8, 4) is 0 Å². The minimum Gasteiger partial charge on any atom is -0.462 e. The van der Waals surface area contributed by atoms with Gasteiger partial charge >= 0.3 is 19.8 Å². The summed E-state index contributed by atoms with van der Waals surface area (Å²) in [6.07, 6.45) is 29.8. The average molecular weight is 897 g/mol. The molecule has 2 rings (SSSR count). The summed E-state index contributed by atoms with van der Waals surface area (Å²) in [6.45, 7) is 3.08. The van der Waals surface area contributed by atoms with E-state index in [1.54, 1.807) is 0 Å². The first-order valence-electron chi connectivity index (χ1n) is 22.9. The van der Waals surface area contributed by atoms with Crippen molar-refractivity contribution in [1.82, 2.24) is 0 Å². The number of aliphatic hydroxyl groups is 5. The molecule has 0 amide bonds. The third kappa shape index (κ3) is 25.5. The van der Waals surface area contributed by atoms with E-state index in [1.807, 2.05) is 30.4 Å². The number of ether oxygens (including phenoxy) is 3. The number of hydrogen-bond acceptors (Lipinski definition) is 13. The van der Waals surface area contributed by atoms with Crippen LogP contribution in [-0.2, 0) is 37.4 Å². The first-order chi connectivity index (χ1) is 29.9. The summed E-state index contributed by atoms with van der Waals surface area (Å²) >= 11 is 0. The summed E-state index contributed by atoms with van der Waals surface area (Å²) in [5.74, 6) is -1.21. The molecule has 1 saturated carbocycles. The maximum Gasteiger partial charge on any atom is 0.472 e. The monoisotopic (exact) mass is 897 g/mol. The highest BCUT2D eigenvalue weighted by Crippen LogP contribution is 2.47. The van der Waals surface area contributed by atoms with Crippen molar-refractivity contribution in [2.45, 2.75) is 197 Å². The molecule has 62 heavy (non-hydrogen) atoms. The summed E-state index contributed by atoms with van der Waals surface area (Å²) in [5.41, 5.74) is 0. The zero-order chi connectivity index (χ0) is 45.4. The van der Waals surface area contributed by atoms with Gasteiger partial charge in [0.05, 0.1) is 12.7 Å². The van der Waals surface area contributed by atoms with E-state index < -0.39 is 75.7 Å². The fourth-order valence-electron chi connectivity index (χ4n) is 6.72. The molecule has 1 aliphatic heterocycles. The summed E-state index contributed by atoms with van der Waals surface area (Å²) in [5, 5.41) is 50.2. The molecule has 6 N–H and O–H groups in total. The van der Waals surface area contributed by atoms with Gasteiger partial charge in [-0.3, -0.25) is 18.6 Å². The molecule has 8 atom stereocenters. The molecule has 1 aliphatic carbocycles. The van der Waals surface area contributed by atoms with Crippen LogP contribution >= 0.6 is 7.82 Å². The lowest BCUT2D eigenvalue weighted by molar-refractivity contribution is -0.220. The van der Waals surface area contributed by atoms with Crippen LogP contribution in [0.15, 0.2) is 72.9 Å². The van der Waals surface area contributed by atoms with E-state index in [-0.39, 0.29) is 25.0 Å². The fourth-order valence-corrected chi connectivity index (χ4v) is 7.69. The molecule has 354 valence electrons. The maximum atomic E-state index is 12.8. The second-order valence-corrected chi connectivity index (χ2v) is 17.4. The molecule has 2 aliphatic rings. The van der Waals surface area contributed by atoms with Gasteiger partial charge in [0, 0.05) is 12.8 Å². The van der Waals surface area contributed by atoms with Gasteiger partial charge in [0.15, 0.2) is 6.10 Å². The Kier molecular flexibility index (Phi) is 30.1. The maximum absolute atomic E-state index is 12.8. The van der Waals surface area contributed by atoms with Crippen molar-refractivity contribution >= 4 is 19.8 Å². The molecule has 0 aromatic rings. The standard InChI is InChI=1S/C47H77O14P/c1-3-5-7-9-11-13-15-17-18-19-21-23-25-27-29-33-40(48)57-35-37(36-58-62(55,56)61-47-45(53)43(51)42(50)44(52)46(47)54)59-41(49)34-30-32-39-38(60-39)31-28-26-24-22-20-16-14-12-10-8-6-4-2/h6,8,12,14,17-18,20,22,24,26,28,31,37-39,42-47,50-54H,3-5,7,9-11,13,15-16,19,21,23,25,27,29-30,32-36H2,1-2H3,(H,55,56)/b8-6-,14-12-,18-17-,22-20-,26-24+,31-28+. The second kappa shape index (κ2) is 33.7. The lowest BCUT2D eigenvalue weighted by atomic mass is 9.85. The van der Waals surface area contributed by atoms with Gasteiger partial charge in [-0.2, -0.15) is 0 Å². The van der Waals surface area contributed by atoms with E-state index in [0.717, 1.165) is 57.8 Å². The summed E-state index contributed by atoms with van der Waals surface area (Å²) in [6, 6.07) is 0. The number of carbonyl (C=O) groups excluding carboxylic acids is 2. The van der Waals surface area contributed by atoms with Crippen LogP contribution in [0.2, 0.25) is 0 Å². The number of epoxide rings is 1. The zero-order valence-electron chi connectivity index (χ0n) is 37.1. The number of unbranched alkanes of at least 4 members (excludes halogenated alkanes) is 11. The first-order valence-corrected chi connectivity index (χ1v) is 24.4. The minimum atomic E-state index is -5.15. The number of phosphoric acid groups is 1. The summed E-state index contributed by atoms with van der Waals surface area (Å²) < 4.78 is 39.2. The Bertz CT molecular complexity index is 1430. The number of hydrogen-bond donors (Lipinski definition) is 6. The Labute approximate surface area is 370 Å². The van der Waals surface area contributed by atoms with Gasteiger partial charge in [0.2, 0.25) is 0 Å². The largest absolute Gasteiger partial charge is 0.472 e. The van der Waals surface area contributed by atoms with E-state index in [2.05, 4.69) is 56.4 Å². The molecule has 1 heterocycles. The van der Waals surface area contributed by atoms with Crippen LogP contribution in [0.25, 0.3) is 0 Å². The molecular weight excluding hydrogens is 819 g/mol.